The van der Waals surface area contributed by atoms with Crippen molar-refractivity contribution in [1.29, 1.82) is 0 Å². The standard InChI is InChI=1S/C11H20O6/c1-5-6-7-14-17-16-11(12)15-10(4)13-8-9(2)3/h10H,2,5-8H2,1,3-4H3. The zero-order valence-electron chi connectivity index (χ0n) is 10.6. The summed E-state index contributed by atoms with van der Waals surface area (Å²) in [6.45, 7) is 9.66. The zero-order chi connectivity index (χ0) is 13.1. The normalized spacial score (nSPS) is 11.9. The molecular weight excluding hydrogens is 228 g/mol. The number of unbranched alkanes of at least 4 members (excludes halogenated alkanes) is 1. The van der Waals surface area contributed by atoms with Gasteiger partial charge in [0, 0.05) is 0 Å². The predicted octanol–water partition coefficient (Wildman–Crippen LogP) is 2.74. The summed E-state index contributed by atoms with van der Waals surface area (Å²) in [6.07, 6.45) is 0.0185. The summed E-state index contributed by atoms with van der Waals surface area (Å²) in [5.74, 6) is 0. The molecule has 1 unspecified atom stereocenters. The Morgan fingerprint density at radius 3 is 2.71 bits per heavy atom. The zero-order valence-corrected chi connectivity index (χ0v) is 10.6. The summed E-state index contributed by atoms with van der Waals surface area (Å²) >= 11 is 0. The monoisotopic (exact) mass is 248 g/mol. The highest BCUT2D eigenvalue weighted by atomic mass is 17.5. The summed E-state index contributed by atoms with van der Waals surface area (Å²) in [4.78, 5) is 19.7. The fourth-order valence-corrected chi connectivity index (χ4v) is 0.738. The van der Waals surface area contributed by atoms with E-state index in [0.29, 0.717) is 13.2 Å². The van der Waals surface area contributed by atoms with Gasteiger partial charge in [-0.15, -0.1) is 0 Å². The second-order valence-electron chi connectivity index (χ2n) is 3.53. The number of hydrogen-bond acceptors (Lipinski definition) is 6. The first-order chi connectivity index (χ1) is 8.06. The van der Waals surface area contributed by atoms with Crippen LogP contribution < -0.4 is 0 Å². The van der Waals surface area contributed by atoms with Crippen molar-refractivity contribution in [2.24, 2.45) is 0 Å². The number of carbonyl (C=O) groups excluding carboxylic acids is 1. The van der Waals surface area contributed by atoms with Crippen LogP contribution in [0.3, 0.4) is 0 Å². The maximum atomic E-state index is 11.0. The van der Waals surface area contributed by atoms with Gasteiger partial charge in [-0.1, -0.05) is 25.5 Å². The summed E-state index contributed by atoms with van der Waals surface area (Å²) < 4.78 is 9.78. The Morgan fingerprint density at radius 1 is 1.41 bits per heavy atom. The van der Waals surface area contributed by atoms with Gasteiger partial charge in [0.25, 0.3) is 0 Å². The molecular formula is C11H20O6. The van der Waals surface area contributed by atoms with Gasteiger partial charge in [-0.3, -0.25) is 0 Å². The molecule has 0 radical (unpaired) electrons. The van der Waals surface area contributed by atoms with E-state index in [-0.39, 0.29) is 0 Å². The molecule has 0 rings (SSSR count). The van der Waals surface area contributed by atoms with Crippen molar-refractivity contribution in [2.75, 3.05) is 13.2 Å². The summed E-state index contributed by atoms with van der Waals surface area (Å²) in [5, 5.41) is 4.18. The lowest BCUT2D eigenvalue weighted by Gasteiger charge is -2.12. The molecule has 1 atom stereocenters. The molecule has 17 heavy (non-hydrogen) atoms. The van der Waals surface area contributed by atoms with E-state index in [1.165, 1.54) is 0 Å². The van der Waals surface area contributed by atoms with Gasteiger partial charge in [0.05, 0.1) is 13.2 Å². The van der Waals surface area contributed by atoms with E-state index in [0.717, 1.165) is 18.4 Å². The highest BCUT2D eigenvalue weighted by Gasteiger charge is 2.12. The van der Waals surface area contributed by atoms with Gasteiger partial charge in [0.2, 0.25) is 6.29 Å². The summed E-state index contributed by atoms with van der Waals surface area (Å²) in [7, 11) is 0. The molecule has 0 amide bonds. The molecule has 0 saturated carbocycles. The van der Waals surface area contributed by atoms with Crippen LogP contribution in [0.2, 0.25) is 0 Å². The van der Waals surface area contributed by atoms with Crippen molar-refractivity contribution in [3.8, 4) is 0 Å². The molecule has 0 heterocycles. The van der Waals surface area contributed by atoms with Gasteiger partial charge >= 0.3 is 6.16 Å². The predicted molar refractivity (Wildman–Crippen MR) is 59.7 cm³/mol. The Hall–Kier alpha value is -1.11. The Balaban J connectivity index is 3.47. The third-order valence-corrected chi connectivity index (χ3v) is 1.56. The molecule has 0 saturated heterocycles. The van der Waals surface area contributed by atoms with Crippen molar-refractivity contribution >= 4 is 6.16 Å². The van der Waals surface area contributed by atoms with Gasteiger partial charge in [0.1, 0.15) is 0 Å². The largest absolute Gasteiger partial charge is 0.544 e. The van der Waals surface area contributed by atoms with Crippen molar-refractivity contribution < 1.29 is 29.1 Å². The van der Waals surface area contributed by atoms with E-state index in [4.69, 9.17) is 4.74 Å². The molecule has 0 aliphatic carbocycles. The van der Waals surface area contributed by atoms with Crippen molar-refractivity contribution in [3.63, 3.8) is 0 Å². The van der Waals surface area contributed by atoms with Crippen LogP contribution in [0.25, 0.3) is 0 Å². The average molecular weight is 248 g/mol. The highest BCUT2D eigenvalue weighted by Crippen LogP contribution is 2.00. The summed E-state index contributed by atoms with van der Waals surface area (Å²) in [5.41, 5.74) is 0.827. The molecule has 100 valence electrons. The minimum Gasteiger partial charge on any atom is -0.403 e. The van der Waals surface area contributed by atoms with E-state index < -0.39 is 12.4 Å². The van der Waals surface area contributed by atoms with Crippen molar-refractivity contribution in [3.05, 3.63) is 12.2 Å². The van der Waals surface area contributed by atoms with Crippen molar-refractivity contribution in [1.82, 2.24) is 0 Å². The first kappa shape index (κ1) is 15.9. The second kappa shape index (κ2) is 10.1. The minimum absolute atomic E-state index is 0.308. The molecule has 0 aromatic carbocycles. The van der Waals surface area contributed by atoms with Crippen LogP contribution in [0, 0.1) is 0 Å². The fourth-order valence-electron chi connectivity index (χ4n) is 0.738. The van der Waals surface area contributed by atoms with Crippen molar-refractivity contribution in [2.45, 2.75) is 39.9 Å². The van der Waals surface area contributed by atoms with Crippen LogP contribution in [-0.4, -0.2) is 25.7 Å². The van der Waals surface area contributed by atoms with Gasteiger partial charge in [0.15, 0.2) is 0 Å². The quantitative estimate of drug-likeness (QED) is 0.156. The SMILES string of the molecule is C=C(C)COC(C)OC(=O)OOOCCCC. The second-order valence-corrected chi connectivity index (χ2v) is 3.53. The topological polar surface area (TPSA) is 63.2 Å². The first-order valence-corrected chi connectivity index (χ1v) is 5.49. The van der Waals surface area contributed by atoms with E-state index in [1.54, 1.807) is 13.8 Å². The molecule has 0 spiro atoms. The molecule has 0 aromatic heterocycles. The van der Waals surface area contributed by atoms with Crippen LogP contribution >= 0.6 is 0 Å². The van der Waals surface area contributed by atoms with E-state index in [1.807, 2.05) is 6.92 Å². The number of carbonyl (C=O) groups is 1. The molecule has 6 nitrogen and oxygen atoms in total. The van der Waals surface area contributed by atoms with Crippen LogP contribution in [0.5, 0.6) is 0 Å². The van der Waals surface area contributed by atoms with Crippen LogP contribution in [0.15, 0.2) is 12.2 Å². The fraction of sp³-hybridized carbons (Fsp3) is 0.727. The molecule has 0 bridgehead atoms. The lowest BCUT2D eigenvalue weighted by molar-refractivity contribution is -0.487. The summed E-state index contributed by atoms with van der Waals surface area (Å²) in [6, 6.07) is 0. The molecule has 0 aliphatic heterocycles. The molecule has 6 heteroatoms. The molecule has 0 N–H and O–H groups in total. The molecule has 0 fully saturated rings. The van der Waals surface area contributed by atoms with Gasteiger partial charge in [-0.05, 0) is 25.3 Å². The number of hydrogen-bond donors (Lipinski definition) is 0. The van der Waals surface area contributed by atoms with E-state index >= 15 is 0 Å². The van der Waals surface area contributed by atoms with Crippen LogP contribution in [-0.2, 0) is 24.3 Å². The maximum absolute atomic E-state index is 11.0. The number of ether oxygens (including phenoxy) is 2. The Kier molecular flexibility index (Phi) is 9.41. The van der Waals surface area contributed by atoms with Gasteiger partial charge in [-0.25, -0.2) is 9.68 Å². The first-order valence-electron chi connectivity index (χ1n) is 5.49. The smallest absolute Gasteiger partial charge is 0.403 e. The average Bonchev–Trinajstić information content (AvgIpc) is 2.26. The third-order valence-electron chi connectivity index (χ3n) is 1.56. The van der Waals surface area contributed by atoms with Crippen LogP contribution in [0.1, 0.15) is 33.6 Å². The maximum Gasteiger partial charge on any atom is 0.544 e. The Bertz CT molecular complexity index is 228. The lowest BCUT2D eigenvalue weighted by atomic mass is 10.4. The van der Waals surface area contributed by atoms with Crippen LogP contribution in [0.4, 0.5) is 4.79 Å². The Labute approximate surface area is 101 Å². The van der Waals surface area contributed by atoms with Gasteiger partial charge in [-0.2, -0.15) is 4.89 Å². The number of rotatable bonds is 9. The molecule has 0 aromatic rings. The van der Waals surface area contributed by atoms with E-state index in [2.05, 4.69) is 26.1 Å². The van der Waals surface area contributed by atoms with Gasteiger partial charge < -0.3 is 9.47 Å². The van der Waals surface area contributed by atoms with E-state index in [9.17, 15) is 4.79 Å². The molecule has 0 aliphatic rings. The third kappa shape index (κ3) is 11.2. The lowest BCUT2D eigenvalue weighted by Crippen LogP contribution is -2.20. The Morgan fingerprint density at radius 2 is 2.12 bits per heavy atom. The minimum atomic E-state index is -1.02. The highest BCUT2D eigenvalue weighted by molar-refractivity contribution is 5.59.